The highest BCUT2D eigenvalue weighted by molar-refractivity contribution is 5.84. The van der Waals surface area contributed by atoms with Crippen LogP contribution in [0, 0.1) is 5.92 Å². The Balaban J connectivity index is 2.10. The first-order valence-corrected chi connectivity index (χ1v) is 6.43. The lowest BCUT2D eigenvalue weighted by molar-refractivity contribution is 0.565. The van der Waals surface area contributed by atoms with Crippen LogP contribution >= 0.6 is 0 Å². The lowest BCUT2D eigenvalue weighted by atomic mass is 9.83. The predicted molar refractivity (Wildman–Crippen MR) is 71.9 cm³/mol. The second kappa shape index (κ2) is 5.82. The van der Waals surface area contributed by atoms with Gasteiger partial charge in [-0.05, 0) is 36.8 Å². The molecule has 17 heavy (non-hydrogen) atoms. The van der Waals surface area contributed by atoms with Crippen LogP contribution in [-0.4, -0.2) is 12.4 Å². The smallest absolute Gasteiger partial charge is 0.114 e. The van der Waals surface area contributed by atoms with Gasteiger partial charge in [0.1, 0.15) is 5.84 Å². The average Bonchev–Trinajstić information content (AvgIpc) is 2.39. The molecule has 2 rings (SSSR count). The van der Waals surface area contributed by atoms with E-state index in [9.17, 15) is 0 Å². The standard InChI is InChI=1S/C14H21N3/c1-2-9-16-14(17-15)13-8-7-11-5-3-4-6-12(11)10-13/h3-6,13H,2,7-10,15H2,1H3,(H,16,17). The van der Waals surface area contributed by atoms with Gasteiger partial charge in [0, 0.05) is 12.5 Å². The van der Waals surface area contributed by atoms with Gasteiger partial charge in [-0.15, -0.1) is 0 Å². The Hall–Kier alpha value is -1.35. The van der Waals surface area contributed by atoms with E-state index in [1.807, 2.05) is 0 Å². The molecule has 1 aromatic carbocycles. The largest absolute Gasteiger partial charge is 0.312 e. The van der Waals surface area contributed by atoms with Gasteiger partial charge >= 0.3 is 0 Å². The zero-order valence-electron chi connectivity index (χ0n) is 10.4. The molecule has 92 valence electrons. The molecule has 0 fully saturated rings. The van der Waals surface area contributed by atoms with Gasteiger partial charge in [0.2, 0.25) is 0 Å². The quantitative estimate of drug-likeness (QED) is 0.362. The highest BCUT2D eigenvalue weighted by Crippen LogP contribution is 2.25. The molecule has 0 spiro atoms. The molecule has 0 radical (unpaired) electrons. The molecule has 0 bridgehead atoms. The maximum absolute atomic E-state index is 5.58. The molecule has 3 N–H and O–H groups in total. The van der Waals surface area contributed by atoms with Crippen LogP contribution < -0.4 is 11.3 Å². The Kier molecular flexibility index (Phi) is 4.15. The maximum Gasteiger partial charge on any atom is 0.114 e. The summed E-state index contributed by atoms with van der Waals surface area (Å²) in [4.78, 5) is 4.54. The lowest BCUT2D eigenvalue weighted by Gasteiger charge is -2.25. The van der Waals surface area contributed by atoms with E-state index in [2.05, 4.69) is 41.6 Å². The molecule has 0 saturated carbocycles. The molecule has 1 aliphatic carbocycles. The molecular weight excluding hydrogens is 210 g/mol. The third-order valence-corrected chi connectivity index (χ3v) is 3.39. The van der Waals surface area contributed by atoms with Crippen molar-refractivity contribution in [3.63, 3.8) is 0 Å². The van der Waals surface area contributed by atoms with Crippen LogP contribution in [0.3, 0.4) is 0 Å². The van der Waals surface area contributed by atoms with Crippen molar-refractivity contribution in [2.24, 2.45) is 16.8 Å². The summed E-state index contributed by atoms with van der Waals surface area (Å²) in [5, 5.41) is 0. The molecule has 3 nitrogen and oxygen atoms in total. The van der Waals surface area contributed by atoms with Crippen molar-refractivity contribution in [3.05, 3.63) is 35.4 Å². The van der Waals surface area contributed by atoms with Gasteiger partial charge in [-0.25, -0.2) is 5.84 Å². The number of hydrazine groups is 1. The fourth-order valence-electron chi connectivity index (χ4n) is 2.46. The third-order valence-electron chi connectivity index (χ3n) is 3.39. The molecule has 0 amide bonds. The Labute approximate surface area is 103 Å². The van der Waals surface area contributed by atoms with E-state index < -0.39 is 0 Å². The Morgan fingerprint density at radius 2 is 2.18 bits per heavy atom. The topological polar surface area (TPSA) is 50.4 Å². The van der Waals surface area contributed by atoms with Crippen LogP contribution in [0.25, 0.3) is 0 Å². The predicted octanol–water partition coefficient (Wildman–Crippen LogP) is 2.06. The summed E-state index contributed by atoms with van der Waals surface area (Å²) in [7, 11) is 0. The maximum atomic E-state index is 5.58. The highest BCUT2D eigenvalue weighted by atomic mass is 15.3. The number of benzene rings is 1. The van der Waals surface area contributed by atoms with E-state index in [1.54, 1.807) is 0 Å². The molecule has 0 saturated heterocycles. The monoisotopic (exact) mass is 231 g/mol. The fraction of sp³-hybridized carbons (Fsp3) is 0.500. The molecule has 0 aromatic heterocycles. The molecule has 1 atom stereocenters. The molecule has 1 aromatic rings. The second-order valence-electron chi connectivity index (χ2n) is 4.62. The first kappa shape index (κ1) is 12.1. The molecule has 0 aliphatic heterocycles. The van der Waals surface area contributed by atoms with E-state index in [4.69, 9.17) is 5.84 Å². The van der Waals surface area contributed by atoms with Crippen molar-refractivity contribution >= 4 is 5.84 Å². The van der Waals surface area contributed by atoms with Gasteiger partial charge in [-0.2, -0.15) is 0 Å². The Bertz CT molecular complexity index is 398. The number of rotatable bonds is 3. The van der Waals surface area contributed by atoms with Crippen LogP contribution in [0.15, 0.2) is 29.3 Å². The van der Waals surface area contributed by atoms with Gasteiger partial charge in [0.25, 0.3) is 0 Å². The number of hydrogen-bond acceptors (Lipinski definition) is 2. The number of nitrogens with one attached hydrogen (secondary N) is 1. The van der Waals surface area contributed by atoms with Crippen LogP contribution in [0.4, 0.5) is 0 Å². The molecule has 1 unspecified atom stereocenters. The minimum atomic E-state index is 0.460. The van der Waals surface area contributed by atoms with Gasteiger partial charge in [-0.3, -0.25) is 4.99 Å². The molecule has 3 heteroatoms. The summed E-state index contributed by atoms with van der Waals surface area (Å²) < 4.78 is 0. The fourth-order valence-corrected chi connectivity index (χ4v) is 2.46. The lowest BCUT2D eigenvalue weighted by Crippen LogP contribution is -2.38. The van der Waals surface area contributed by atoms with Crippen molar-refractivity contribution in [2.45, 2.75) is 32.6 Å². The van der Waals surface area contributed by atoms with E-state index in [1.165, 1.54) is 11.1 Å². The van der Waals surface area contributed by atoms with Crippen molar-refractivity contribution in [3.8, 4) is 0 Å². The van der Waals surface area contributed by atoms with E-state index in [0.29, 0.717) is 5.92 Å². The van der Waals surface area contributed by atoms with Crippen LogP contribution in [0.1, 0.15) is 30.9 Å². The number of hydrogen-bond donors (Lipinski definition) is 2. The number of nitrogens with two attached hydrogens (primary N) is 1. The van der Waals surface area contributed by atoms with Crippen molar-refractivity contribution in [1.82, 2.24) is 5.43 Å². The van der Waals surface area contributed by atoms with E-state index >= 15 is 0 Å². The summed E-state index contributed by atoms with van der Waals surface area (Å²) in [6.07, 6.45) is 4.40. The summed E-state index contributed by atoms with van der Waals surface area (Å²) >= 11 is 0. The number of fused-ring (bicyclic) bond motifs is 1. The average molecular weight is 231 g/mol. The highest BCUT2D eigenvalue weighted by Gasteiger charge is 2.22. The normalized spacial score (nSPS) is 19.9. The Morgan fingerprint density at radius 1 is 1.41 bits per heavy atom. The summed E-state index contributed by atoms with van der Waals surface area (Å²) in [6, 6.07) is 8.67. The number of amidine groups is 1. The molecular formula is C14H21N3. The zero-order chi connectivity index (χ0) is 12.1. The van der Waals surface area contributed by atoms with E-state index in [-0.39, 0.29) is 0 Å². The SMILES string of the molecule is CCCN=C(NN)C1CCc2ccccc2C1. The van der Waals surface area contributed by atoms with Gasteiger partial charge in [0.15, 0.2) is 0 Å². The summed E-state index contributed by atoms with van der Waals surface area (Å²) in [5.41, 5.74) is 5.72. The van der Waals surface area contributed by atoms with Gasteiger partial charge in [0.05, 0.1) is 0 Å². The number of aliphatic imine (C=N–C) groups is 1. The van der Waals surface area contributed by atoms with Gasteiger partial charge in [-0.1, -0.05) is 31.2 Å². The summed E-state index contributed by atoms with van der Waals surface area (Å²) in [5.74, 6) is 7.02. The zero-order valence-corrected chi connectivity index (χ0v) is 10.4. The number of nitrogens with zero attached hydrogens (tertiary/aromatic N) is 1. The van der Waals surface area contributed by atoms with Crippen LogP contribution in [-0.2, 0) is 12.8 Å². The molecule has 0 heterocycles. The first-order chi connectivity index (χ1) is 8.35. The second-order valence-corrected chi connectivity index (χ2v) is 4.62. The number of aryl methyl sites for hydroxylation is 1. The molecule has 1 aliphatic rings. The van der Waals surface area contributed by atoms with E-state index in [0.717, 1.165) is 38.1 Å². The third kappa shape index (κ3) is 2.86. The van der Waals surface area contributed by atoms with Crippen LogP contribution in [0.2, 0.25) is 0 Å². The minimum absolute atomic E-state index is 0.460. The minimum Gasteiger partial charge on any atom is -0.312 e. The van der Waals surface area contributed by atoms with Crippen LogP contribution in [0.5, 0.6) is 0 Å². The van der Waals surface area contributed by atoms with Crippen molar-refractivity contribution < 1.29 is 0 Å². The first-order valence-electron chi connectivity index (χ1n) is 6.43. The van der Waals surface area contributed by atoms with Crippen molar-refractivity contribution in [2.75, 3.05) is 6.54 Å². The Morgan fingerprint density at radius 3 is 2.88 bits per heavy atom. The van der Waals surface area contributed by atoms with Gasteiger partial charge < -0.3 is 5.43 Å². The summed E-state index contributed by atoms with van der Waals surface area (Å²) in [6.45, 7) is 2.99. The van der Waals surface area contributed by atoms with Crippen molar-refractivity contribution in [1.29, 1.82) is 0 Å².